The van der Waals surface area contributed by atoms with Crippen LogP contribution in [0.5, 0.6) is 0 Å². The third-order valence-electron chi connectivity index (χ3n) is 3.55. The molecular formula is C15H22N2O3S2. The molecular weight excluding hydrogens is 320 g/mol. The maximum atomic E-state index is 12.8. The first-order chi connectivity index (χ1) is 10.5. The van der Waals surface area contributed by atoms with E-state index < -0.39 is 10.0 Å². The zero-order chi connectivity index (χ0) is 16.2. The van der Waals surface area contributed by atoms with Crippen molar-refractivity contribution in [3.05, 3.63) is 27.9 Å². The van der Waals surface area contributed by atoms with E-state index in [0.29, 0.717) is 23.3 Å². The van der Waals surface area contributed by atoms with Gasteiger partial charge in [0.25, 0.3) is 0 Å². The number of fused-ring (bicyclic) bond motifs is 1. The number of thiazole rings is 1. The van der Waals surface area contributed by atoms with Crippen molar-refractivity contribution in [3.8, 4) is 0 Å². The summed E-state index contributed by atoms with van der Waals surface area (Å²) in [6.07, 6.45) is 3.61. The van der Waals surface area contributed by atoms with E-state index in [1.54, 1.807) is 22.5 Å². The molecule has 0 atom stereocenters. The predicted molar refractivity (Wildman–Crippen MR) is 91.0 cm³/mol. The third kappa shape index (κ3) is 3.77. The Morgan fingerprint density at radius 3 is 2.36 bits per heavy atom. The number of benzene rings is 1. The monoisotopic (exact) mass is 342 g/mol. The van der Waals surface area contributed by atoms with Gasteiger partial charge in [-0.1, -0.05) is 38.0 Å². The fourth-order valence-corrected chi connectivity index (χ4v) is 4.65. The number of nitrogens with one attached hydrogen (secondary N) is 1. The molecule has 22 heavy (non-hydrogen) atoms. The molecule has 0 spiro atoms. The maximum Gasteiger partial charge on any atom is 0.305 e. The van der Waals surface area contributed by atoms with Crippen LogP contribution >= 0.6 is 11.3 Å². The Hall–Kier alpha value is -1.18. The lowest BCUT2D eigenvalue weighted by atomic mass is 10.3. The summed E-state index contributed by atoms with van der Waals surface area (Å²) in [5.74, 6) is 0. The molecule has 1 N–H and O–H groups in total. The van der Waals surface area contributed by atoms with Crippen molar-refractivity contribution in [2.45, 2.75) is 44.4 Å². The van der Waals surface area contributed by atoms with Crippen molar-refractivity contribution in [1.29, 1.82) is 0 Å². The van der Waals surface area contributed by atoms with Gasteiger partial charge in [0.15, 0.2) is 0 Å². The normalized spacial score (nSPS) is 12.3. The Bertz CT molecular complexity index is 769. The molecule has 0 radical (unpaired) electrons. The second-order valence-corrected chi connectivity index (χ2v) is 8.24. The molecule has 1 heterocycles. The Balaban J connectivity index is 2.36. The smallest absolute Gasteiger partial charge is 0.305 e. The SMILES string of the molecule is CCCCN(CCCC)S(=O)(=O)c1ccc2[nH]c(=O)sc2c1. The van der Waals surface area contributed by atoms with E-state index in [1.807, 2.05) is 13.8 Å². The minimum Gasteiger partial charge on any atom is -0.312 e. The molecule has 0 aliphatic heterocycles. The van der Waals surface area contributed by atoms with Gasteiger partial charge in [-0.25, -0.2) is 8.42 Å². The van der Waals surface area contributed by atoms with Crippen LogP contribution in [0.4, 0.5) is 0 Å². The van der Waals surface area contributed by atoms with Crippen LogP contribution in [-0.2, 0) is 10.0 Å². The Labute approximate surface area is 135 Å². The van der Waals surface area contributed by atoms with E-state index >= 15 is 0 Å². The van der Waals surface area contributed by atoms with Crippen molar-refractivity contribution in [1.82, 2.24) is 9.29 Å². The van der Waals surface area contributed by atoms with Crippen molar-refractivity contribution in [2.75, 3.05) is 13.1 Å². The number of nitrogens with zero attached hydrogens (tertiary/aromatic N) is 1. The van der Waals surface area contributed by atoms with Crippen LogP contribution in [0.1, 0.15) is 39.5 Å². The molecule has 0 aliphatic rings. The highest BCUT2D eigenvalue weighted by Crippen LogP contribution is 2.23. The molecule has 7 heteroatoms. The fourth-order valence-electron chi connectivity index (χ4n) is 2.26. The van der Waals surface area contributed by atoms with Gasteiger partial charge in [0.05, 0.1) is 15.1 Å². The van der Waals surface area contributed by atoms with E-state index in [2.05, 4.69) is 4.98 Å². The molecule has 122 valence electrons. The standard InChI is InChI=1S/C15H22N2O3S2/c1-3-5-9-17(10-6-4-2)22(19,20)12-7-8-13-14(11-12)21-15(18)16-13/h7-8,11H,3-6,9-10H2,1-2H3,(H,16,18). The van der Waals surface area contributed by atoms with Crippen molar-refractivity contribution < 1.29 is 8.42 Å². The van der Waals surface area contributed by atoms with Crippen molar-refractivity contribution >= 4 is 31.6 Å². The maximum absolute atomic E-state index is 12.8. The molecule has 0 bridgehead atoms. The van der Waals surface area contributed by atoms with Gasteiger partial charge in [0.1, 0.15) is 0 Å². The number of aromatic nitrogens is 1. The first kappa shape index (κ1) is 17.2. The van der Waals surface area contributed by atoms with Gasteiger partial charge in [0.2, 0.25) is 10.0 Å². The van der Waals surface area contributed by atoms with Crippen LogP contribution in [0.25, 0.3) is 10.2 Å². The van der Waals surface area contributed by atoms with Crippen LogP contribution < -0.4 is 4.87 Å². The van der Waals surface area contributed by atoms with Gasteiger partial charge < -0.3 is 4.98 Å². The summed E-state index contributed by atoms with van der Waals surface area (Å²) in [4.78, 5) is 14.2. The van der Waals surface area contributed by atoms with Gasteiger partial charge in [-0.05, 0) is 31.0 Å². The third-order valence-corrected chi connectivity index (χ3v) is 6.29. The molecule has 1 aromatic heterocycles. The van der Waals surface area contributed by atoms with Gasteiger partial charge in [-0.2, -0.15) is 4.31 Å². The number of unbranched alkanes of at least 4 members (excludes halogenated alkanes) is 2. The highest BCUT2D eigenvalue weighted by atomic mass is 32.2. The molecule has 0 unspecified atom stereocenters. The van der Waals surface area contributed by atoms with Crippen LogP contribution in [-0.4, -0.2) is 30.8 Å². The van der Waals surface area contributed by atoms with Crippen LogP contribution in [0.15, 0.2) is 27.9 Å². The molecule has 2 aromatic rings. The van der Waals surface area contributed by atoms with Gasteiger partial charge in [-0.3, -0.25) is 4.79 Å². The lowest BCUT2D eigenvalue weighted by Crippen LogP contribution is -2.33. The summed E-state index contributed by atoms with van der Waals surface area (Å²) in [6.45, 7) is 5.18. The highest BCUT2D eigenvalue weighted by Gasteiger charge is 2.24. The van der Waals surface area contributed by atoms with E-state index in [4.69, 9.17) is 0 Å². The summed E-state index contributed by atoms with van der Waals surface area (Å²) >= 11 is 1.04. The minimum absolute atomic E-state index is 0.168. The molecule has 5 nitrogen and oxygen atoms in total. The largest absolute Gasteiger partial charge is 0.312 e. The van der Waals surface area contributed by atoms with Gasteiger partial charge in [-0.15, -0.1) is 0 Å². The summed E-state index contributed by atoms with van der Waals surface area (Å²) < 4.78 is 27.9. The number of sulfonamides is 1. The van der Waals surface area contributed by atoms with Crippen LogP contribution in [0, 0.1) is 0 Å². The lowest BCUT2D eigenvalue weighted by molar-refractivity contribution is 0.395. The van der Waals surface area contributed by atoms with Crippen LogP contribution in [0.3, 0.4) is 0 Å². The summed E-state index contributed by atoms with van der Waals surface area (Å²) in [5, 5.41) is 0. The second kappa shape index (κ2) is 7.39. The molecule has 0 aliphatic carbocycles. The van der Waals surface area contributed by atoms with Crippen molar-refractivity contribution in [3.63, 3.8) is 0 Å². The number of H-pyrrole nitrogens is 1. The number of hydrogen-bond acceptors (Lipinski definition) is 4. The second-order valence-electron chi connectivity index (χ2n) is 5.28. The van der Waals surface area contributed by atoms with Crippen LogP contribution in [0.2, 0.25) is 0 Å². The van der Waals surface area contributed by atoms with E-state index in [0.717, 1.165) is 37.0 Å². The predicted octanol–water partition coefficient (Wildman–Crippen LogP) is 3.18. The van der Waals surface area contributed by atoms with E-state index in [1.165, 1.54) is 0 Å². The zero-order valence-electron chi connectivity index (χ0n) is 13.0. The lowest BCUT2D eigenvalue weighted by Gasteiger charge is -2.21. The number of aromatic amines is 1. The fraction of sp³-hybridized carbons (Fsp3) is 0.533. The Kier molecular flexibility index (Phi) is 5.77. The quantitative estimate of drug-likeness (QED) is 0.801. The molecule has 0 amide bonds. The van der Waals surface area contributed by atoms with Gasteiger partial charge >= 0.3 is 4.87 Å². The molecule has 2 rings (SSSR count). The van der Waals surface area contributed by atoms with E-state index in [-0.39, 0.29) is 9.77 Å². The van der Waals surface area contributed by atoms with E-state index in [9.17, 15) is 13.2 Å². The molecule has 0 fully saturated rings. The summed E-state index contributed by atoms with van der Waals surface area (Å²) in [5.41, 5.74) is 0.683. The molecule has 0 saturated carbocycles. The molecule has 1 aromatic carbocycles. The minimum atomic E-state index is -3.50. The first-order valence-electron chi connectivity index (χ1n) is 7.62. The number of hydrogen-bond donors (Lipinski definition) is 1. The number of rotatable bonds is 8. The zero-order valence-corrected chi connectivity index (χ0v) is 14.6. The van der Waals surface area contributed by atoms with Gasteiger partial charge in [0, 0.05) is 13.1 Å². The average molecular weight is 342 g/mol. The Morgan fingerprint density at radius 2 is 1.77 bits per heavy atom. The van der Waals surface area contributed by atoms with Crippen molar-refractivity contribution in [2.24, 2.45) is 0 Å². The summed E-state index contributed by atoms with van der Waals surface area (Å²) in [6, 6.07) is 4.83. The first-order valence-corrected chi connectivity index (χ1v) is 9.87. The Morgan fingerprint density at radius 1 is 1.14 bits per heavy atom. The summed E-state index contributed by atoms with van der Waals surface area (Å²) in [7, 11) is -3.50. The highest BCUT2D eigenvalue weighted by molar-refractivity contribution is 7.89. The topological polar surface area (TPSA) is 70.2 Å². The average Bonchev–Trinajstić information content (AvgIpc) is 2.86. The molecule has 0 saturated heterocycles.